The van der Waals surface area contributed by atoms with Crippen molar-refractivity contribution in [3.05, 3.63) is 29.6 Å². The molecule has 2 aromatic rings. The molecule has 1 saturated heterocycles. The van der Waals surface area contributed by atoms with Crippen molar-refractivity contribution >= 4 is 22.6 Å². The normalized spacial score (nSPS) is 24.4. The van der Waals surface area contributed by atoms with Crippen LogP contribution in [0.1, 0.15) is 37.5 Å². The van der Waals surface area contributed by atoms with Gasteiger partial charge in [0.25, 0.3) is 0 Å². The molecule has 3 unspecified atom stereocenters. The van der Waals surface area contributed by atoms with Crippen LogP contribution in [0.3, 0.4) is 0 Å². The Labute approximate surface area is 120 Å². The Hall–Kier alpha value is -1.20. The molecule has 0 saturated carbocycles. The Morgan fingerprint density at radius 1 is 1.45 bits per heavy atom. The number of ether oxygens (including phenoxy) is 1. The summed E-state index contributed by atoms with van der Waals surface area (Å²) in [6.45, 7) is 4.29. The Morgan fingerprint density at radius 3 is 2.80 bits per heavy atom. The highest BCUT2D eigenvalue weighted by Gasteiger charge is 2.32. The number of aromatic nitrogens is 2. The predicted octanol–water partition coefficient (Wildman–Crippen LogP) is 3.96. The van der Waals surface area contributed by atoms with Gasteiger partial charge in [0, 0.05) is 6.61 Å². The SMILES string of the molecule is CC(Cl)c1nc2ccc(F)c(F)c2n1C1CCOC1C. The van der Waals surface area contributed by atoms with E-state index in [0.29, 0.717) is 17.9 Å². The van der Waals surface area contributed by atoms with Gasteiger partial charge >= 0.3 is 0 Å². The summed E-state index contributed by atoms with van der Waals surface area (Å²) in [7, 11) is 0. The summed E-state index contributed by atoms with van der Waals surface area (Å²) >= 11 is 6.16. The molecule has 0 amide bonds. The molecule has 1 aromatic carbocycles. The summed E-state index contributed by atoms with van der Waals surface area (Å²) in [5, 5.41) is -0.391. The van der Waals surface area contributed by atoms with Crippen molar-refractivity contribution in [3.8, 4) is 0 Å². The van der Waals surface area contributed by atoms with E-state index in [1.165, 1.54) is 6.07 Å². The molecule has 3 nitrogen and oxygen atoms in total. The number of imidazole rings is 1. The first-order valence-corrected chi connectivity index (χ1v) is 7.06. The number of hydrogen-bond acceptors (Lipinski definition) is 2. The summed E-state index contributed by atoms with van der Waals surface area (Å²) in [6.07, 6.45) is 0.656. The zero-order valence-electron chi connectivity index (χ0n) is 11.2. The molecule has 0 bridgehead atoms. The number of rotatable bonds is 2. The molecule has 108 valence electrons. The third-order valence-corrected chi connectivity index (χ3v) is 3.99. The highest BCUT2D eigenvalue weighted by molar-refractivity contribution is 6.20. The lowest BCUT2D eigenvalue weighted by atomic mass is 10.1. The van der Waals surface area contributed by atoms with Gasteiger partial charge in [-0.15, -0.1) is 11.6 Å². The van der Waals surface area contributed by atoms with Crippen molar-refractivity contribution in [1.82, 2.24) is 9.55 Å². The minimum Gasteiger partial charge on any atom is -0.376 e. The van der Waals surface area contributed by atoms with Gasteiger partial charge in [0.15, 0.2) is 11.6 Å². The fourth-order valence-corrected chi connectivity index (χ4v) is 2.97. The molecule has 3 rings (SSSR count). The van der Waals surface area contributed by atoms with E-state index < -0.39 is 17.0 Å². The van der Waals surface area contributed by atoms with Gasteiger partial charge in [-0.25, -0.2) is 13.8 Å². The van der Waals surface area contributed by atoms with Crippen LogP contribution in [-0.4, -0.2) is 22.3 Å². The highest BCUT2D eigenvalue weighted by Crippen LogP contribution is 2.35. The van der Waals surface area contributed by atoms with Gasteiger partial charge in [-0.2, -0.15) is 0 Å². The zero-order valence-corrected chi connectivity index (χ0v) is 12.0. The Bertz CT molecular complexity index is 656. The van der Waals surface area contributed by atoms with Gasteiger partial charge in [-0.05, 0) is 32.4 Å². The van der Waals surface area contributed by atoms with E-state index >= 15 is 0 Å². The Kier molecular flexibility index (Phi) is 3.42. The summed E-state index contributed by atoms with van der Waals surface area (Å²) in [4.78, 5) is 4.36. The second kappa shape index (κ2) is 4.97. The van der Waals surface area contributed by atoms with E-state index in [4.69, 9.17) is 16.3 Å². The number of fused-ring (bicyclic) bond motifs is 1. The monoisotopic (exact) mass is 300 g/mol. The van der Waals surface area contributed by atoms with Gasteiger partial charge in [-0.1, -0.05) is 0 Å². The summed E-state index contributed by atoms with van der Waals surface area (Å²) in [5.41, 5.74) is 0.598. The number of alkyl halides is 1. The molecule has 0 spiro atoms. The largest absolute Gasteiger partial charge is 0.376 e. The molecule has 3 atom stereocenters. The molecule has 2 heterocycles. The third-order valence-electron chi connectivity index (χ3n) is 3.79. The fraction of sp³-hybridized carbons (Fsp3) is 0.500. The average molecular weight is 301 g/mol. The van der Waals surface area contributed by atoms with E-state index in [1.807, 2.05) is 6.92 Å². The molecule has 1 fully saturated rings. The molecule has 1 aliphatic rings. The van der Waals surface area contributed by atoms with Crippen molar-refractivity contribution in [2.75, 3.05) is 6.61 Å². The predicted molar refractivity (Wildman–Crippen MR) is 73.0 cm³/mol. The van der Waals surface area contributed by atoms with Crippen molar-refractivity contribution in [2.24, 2.45) is 0 Å². The second-order valence-electron chi connectivity index (χ2n) is 5.12. The fourth-order valence-electron chi connectivity index (χ4n) is 2.82. The van der Waals surface area contributed by atoms with Crippen LogP contribution in [0.25, 0.3) is 11.0 Å². The van der Waals surface area contributed by atoms with Gasteiger partial charge < -0.3 is 9.30 Å². The topological polar surface area (TPSA) is 27.1 Å². The third kappa shape index (κ3) is 2.00. The standard InChI is InChI=1S/C14H15ClF2N2O/c1-7(15)14-18-10-4-3-9(16)12(17)13(10)19(14)11-5-6-20-8(11)2/h3-4,7-8,11H,5-6H2,1-2H3. The quantitative estimate of drug-likeness (QED) is 0.785. The first-order chi connectivity index (χ1) is 9.50. The van der Waals surface area contributed by atoms with Gasteiger partial charge in [0.05, 0.1) is 23.0 Å². The highest BCUT2D eigenvalue weighted by atomic mass is 35.5. The molecular weight excluding hydrogens is 286 g/mol. The molecular formula is C14H15ClF2N2O. The Balaban J connectivity index is 2.30. The first kappa shape index (κ1) is 13.8. The van der Waals surface area contributed by atoms with Crippen LogP contribution in [0.15, 0.2) is 12.1 Å². The van der Waals surface area contributed by atoms with E-state index in [-0.39, 0.29) is 17.7 Å². The molecule has 20 heavy (non-hydrogen) atoms. The Morgan fingerprint density at radius 2 is 2.20 bits per heavy atom. The van der Waals surface area contributed by atoms with Crippen LogP contribution in [0.2, 0.25) is 0 Å². The molecule has 0 N–H and O–H groups in total. The van der Waals surface area contributed by atoms with Crippen molar-refractivity contribution in [2.45, 2.75) is 37.8 Å². The van der Waals surface area contributed by atoms with Crippen LogP contribution in [0.4, 0.5) is 8.78 Å². The molecule has 1 aliphatic heterocycles. The van der Waals surface area contributed by atoms with Crippen molar-refractivity contribution in [1.29, 1.82) is 0 Å². The average Bonchev–Trinajstić information content (AvgIpc) is 2.97. The molecule has 0 radical (unpaired) electrons. The van der Waals surface area contributed by atoms with Crippen LogP contribution in [-0.2, 0) is 4.74 Å². The van der Waals surface area contributed by atoms with Crippen LogP contribution in [0, 0.1) is 11.6 Å². The summed E-state index contributed by atoms with van der Waals surface area (Å²) in [6, 6.07) is 2.49. The maximum atomic E-state index is 14.2. The number of nitrogens with zero attached hydrogens (tertiary/aromatic N) is 2. The van der Waals surface area contributed by atoms with Crippen LogP contribution >= 0.6 is 11.6 Å². The molecule has 1 aromatic heterocycles. The van der Waals surface area contributed by atoms with Crippen molar-refractivity contribution < 1.29 is 13.5 Å². The zero-order chi connectivity index (χ0) is 14.4. The lowest BCUT2D eigenvalue weighted by Gasteiger charge is -2.20. The number of halogens is 3. The minimum absolute atomic E-state index is 0.0764. The van der Waals surface area contributed by atoms with E-state index in [9.17, 15) is 8.78 Å². The number of benzene rings is 1. The molecule has 0 aliphatic carbocycles. The second-order valence-corrected chi connectivity index (χ2v) is 5.77. The summed E-state index contributed by atoms with van der Waals surface area (Å²) < 4.78 is 35.0. The summed E-state index contributed by atoms with van der Waals surface area (Å²) in [5.74, 6) is -1.20. The van der Waals surface area contributed by atoms with E-state index in [2.05, 4.69) is 4.98 Å². The van der Waals surface area contributed by atoms with Gasteiger partial charge in [0.2, 0.25) is 0 Å². The van der Waals surface area contributed by atoms with E-state index in [0.717, 1.165) is 12.5 Å². The van der Waals surface area contributed by atoms with Gasteiger partial charge in [-0.3, -0.25) is 0 Å². The van der Waals surface area contributed by atoms with Crippen LogP contribution in [0.5, 0.6) is 0 Å². The van der Waals surface area contributed by atoms with Gasteiger partial charge in [0.1, 0.15) is 11.3 Å². The minimum atomic E-state index is -0.877. The van der Waals surface area contributed by atoms with Crippen LogP contribution < -0.4 is 0 Å². The first-order valence-electron chi connectivity index (χ1n) is 6.62. The number of hydrogen-bond donors (Lipinski definition) is 0. The lowest BCUT2D eigenvalue weighted by Crippen LogP contribution is -2.20. The molecule has 6 heteroatoms. The maximum Gasteiger partial charge on any atom is 0.184 e. The smallest absolute Gasteiger partial charge is 0.184 e. The van der Waals surface area contributed by atoms with E-state index in [1.54, 1.807) is 11.5 Å². The maximum absolute atomic E-state index is 14.2. The lowest BCUT2D eigenvalue weighted by molar-refractivity contribution is 0.108. The van der Waals surface area contributed by atoms with Crippen molar-refractivity contribution in [3.63, 3.8) is 0 Å².